The van der Waals surface area contributed by atoms with E-state index in [0.29, 0.717) is 5.71 Å². The minimum atomic E-state index is 0.649. The van der Waals surface area contributed by atoms with Gasteiger partial charge in [-0.05, 0) is 55.7 Å². The standard InChI is InChI=1S/C32H24N4O/c1-19-16-26-24-13-9-14-25(30(24)37-32(26)34-21(19)3)31-35-29-20(2)17-33-18-28(29)36(31)27-15-8-7-12-23(27)22-10-5-4-6-11-22/h4-18H,1-3H3. The van der Waals surface area contributed by atoms with E-state index in [4.69, 9.17) is 14.4 Å². The van der Waals surface area contributed by atoms with Gasteiger partial charge in [-0.1, -0.05) is 60.7 Å². The number of hydrogen-bond acceptors (Lipinski definition) is 4. The van der Waals surface area contributed by atoms with Gasteiger partial charge in [0.15, 0.2) is 0 Å². The van der Waals surface area contributed by atoms with Gasteiger partial charge in [0.25, 0.3) is 0 Å². The fourth-order valence-corrected chi connectivity index (χ4v) is 5.16. The summed E-state index contributed by atoms with van der Waals surface area (Å²) in [5, 5.41) is 2.05. The maximum Gasteiger partial charge on any atom is 0.227 e. The third-order valence-electron chi connectivity index (χ3n) is 7.16. The number of pyridine rings is 2. The molecule has 4 aromatic heterocycles. The fourth-order valence-electron chi connectivity index (χ4n) is 5.16. The van der Waals surface area contributed by atoms with Crippen molar-refractivity contribution in [2.75, 3.05) is 0 Å². The van der Waals surface area contributed by atoms with Crippen LogP contribution in [0.2, 0.25) is 0 Å². The zero-order valence-corrected chi connectivity index (χ0v) is 20.9. The van der Waals surface area contributed by atoms with Crippen molar-refractivity contribution in [1.29, 1.82) is 0 Å². The molecule has 0 aliphatic carbocycles. The van der Waals surface area contributed by atoms with Gasteiger partial charge < -0.3 is 4.42 Å². The van der Waals surface area contributed by atoms with Crippen molar-refractivity contribution in [1.82, 2.24) is 19.5 Å². The molecule has 3 aromatic carbocycles. The molecule has 0 aliphatic rings. The molecule has 4 heterocycles. The summed E-state index contributed by atoms with van der Waals surface area (Å²) in [6, 6.07) is 27.3. The molecule has 178 valence electrons. The predicted molar refractivity (Wildman–Crippen MR) is 149 cm³/mol. The van der Waals surface area contributed by atoms with E-state index in [1.54, 1.807) is 0 Å². The monoisotopic (exact) mass is 480 g/mol. The summed E-state index contributed by atoms with van der Waals surface area (Å²) in [5.41, 5.74) is 10.7. The topological polar surface area (TPSA) is 56.7 Å². The molecule has 0 radical (unpaired) electrons. The van der Waals surface area contributed by atoms with Crippen LogP contribution in [0.4, 0.5) is 0 Å². The van der Waals surface area contributed by atoms with E-state index in [-0.39, 0.29) is 0 Å². The van der Waals surface area contributed by atoms with Gasteiger partial charge >= 0.3 is 0 Å². The Bertz CT molecular complexity index is 1960. The number of aryl methyl sites for hydroxylation is 3. The Balaban J connectivity index is 1.59. The first-order valence-corrected chi connectivity index (χ1v) is 12.4. The van der Waals surface area contributed by atoms with Crippen LogP contribution in [-0.2, 0) is 0 Å². The fraction of sp³-hybridized carbons (Fsp3) is 0.0938. The number of hydrogen-bond donors (Lipinski definition) is 0. The van der Waals surface area contributed by atoms with Crippen LogP contribution in [0, 0.1) is 20.8 Å². The molecule has 0 fully saturated rings. The van der Waals surface area contributed by atoms with Crippen LogP contribution in [-0.4, -0.2) is 19.5 Å². The Morgan fingerprint density at radius 3 is 2.35 bits per heavy atom. The number of imidazole rings is 1. The van der Waals surface area contributed by atoms with Crippen molar-refractivity contribution >= 4 is 33.1 Å². The molecular weight excluding hydrogens is 456 g/mol. The third-order valence-corrected chi connectivity index (χ3v) is 7.16. The van der Waals surface area contributed by atoms with Gasteiger partial charge in [0.05, 0.1) is 28.5 Å². The van der Waals surface area contributed by atoms with Crippen molar-refractivity contribution < 1.29 is 4.42 Å². The maximum atomic E-state index is 6.43. The second-order valence-corrected chi connectivity index (χ2v) is 9.51. The van der Waals surface area contributed by atoms with Crippen LogP contribution in [0.1, 0.15) is 16.8 Å². The maximum absolute atomic E-state index is 6.43. The van der Waals surface area contributed by atoms with Crippen molar-refractivity contribution in [2.45, 2.75) is 20.8 Å². The highest BCUT2D eigenvalue weighted by molar-refractivity contribution is 6.09. The molecule has 0 amide bonds. The van der Waals surface area contributed by atoms with E-state index in [1.165, 1.54) is 0 Å². The molecule has 0 bridgehead atoms. The minimum Gasteiger partial charge on any atom is -0.437 e. The average Bonchev–Trinajstić information content (AvgIpc) is 3.48. The van der Waals surface area contributed by atoms with Gasteiger partial charge in [0.2, 0.25) is 5.71 Å². The van der Waals surface area contributed by atoms with E-state index >= 15 is 0 Å². The summed E-state index contributed by atoms with van der Waals surface area (Å²) in [6.45, 7) is 6.15. The lowest BCUT2D eigenvalue weighted by Gasteiger charge is -2.15. The molecular formula is C32H24N4O. The van der Waals surface area contributed by atoms with E-state index in [1.807, 2.05) is 25.4 Å². The van der Waals surface area contributed by atoms with Gasteiger partial charge in [0, 0.05) is 28.2 Å². The van der Waals surface area contributed by atoms with E-state index in [9.17, 15) is 0 Å². The van der Waals surface area contributed by atoms with Crippen LogP contribution >= 0.6 is 0 Å². The molecule has 5 nitrogen and oxygen atoms in total. The predicted octanol–water partition coefficient (Wildman–Crippen LogP) is 7.97. The first-order chi connectivity index (χ1) is 18.1. The highest BCUT2D eigenvalue weighted by Crippen LogP contribution is 2.39. The van der Waals surface area contributed by atoms with Gasteiger partial charge in [-0.3, -0.25) is 9.55 Å². The summed E-state index contributed by atoms with van der Waals surface area (Å²) in [6.07, 6.45) is 3.76. The summed E-state index contributed by atoms with van der Waals surface area (Å²) >= 11 is 0. The Kier molecular flexibility index (Phi) is 4.73. The molecule has 37 heavy (non-hydrogen) atoms. The molecule has 0 spiro atoms. The lowest BCUT2D eigenvalue weighted by atomic mass is 10.0. The number of aromatic nitrogens is 4. The number of para-hydroxylation sites is 2. The van der Waals surface area contributed by atoms with E-state index < -0.39 is 0 Å². The molecule has 0 atom stereocenters. The highest BCUT2D eigenvalue weighted by atomic mass is 16.3. The highest BCUT2D eigenvalue weighted by Gasteiger charge is 2.22. The van der Waals surface area contributed by atoms with Crippen molar-refractivity contribution in [3.8, 4) is 28.2 Å². The SMILES string of the molecule is Cc1cc2c(nc1C)oc1c(-c3nc4c(C)cncc4n3-c3ccccc3-c3ccccc3)cccc12. The Labute approximate surface area is 214 Å². The second-order valence-electron chi connectivity index (χ2n) is 9.51. The first kappa shape index (κ1) is 21.5. The molecule has 0 saturated carbocycles. The number of benzene rings is 3. The van der Waals surface area contributed by atoms with Crippen LogP contribution in [0.15, 0.2) is 95.7 Å². The molecule has 0 aliphatic heterocycles. The number of fused-ring (bicyclic) bond motifs is 4. The third kappa shape index (κ3) is 3.28. The van der Waals surface area contributed by atoms with Crippen molar-refractivity contribution in [3.05, 3.63) is 108 Å². The van der Waals surface area contributed by atoms with E-state index in [0.717, 1.165) is 72.4 Å². The minimum absolute atomic E-state index is 0.649. The molecule has 0 saturated heterocycles. The largest absolute Gasteiger partial charge is 0.437 e. The number of furan rings is 1. The first-order valence-electron chi connectivity index (χ1n) is 12.4. The number of rotatable bonds is 3. The lowest BCUT2D eigenvalue weighted by molar-refractivity contribution is 0.652. The van der Waals surface area contributed by atoms with Gasteiger partial charge in [-0.2, -0.15) is 0 Å². The van der Waals surface area contributed by atoms with Gasteiger partial charge in [0.1, 0.15) is 11.4 Å². The average molecular weight is 481 g/mol. The Morgan fingerprint density at radius 1 is 0.703 bits per heavy atom. The van der Waals surface area contributed by atoms with Crippen LogP contribution in [0.3, 0.4) is 0 Å². The van der Waals surface area contributed by atoms with Crippen LogP contribution < -0.4 is 0 Å². The molecule has 7 rings (SSSR count). The molecule has 0 N–H and O–H groups in total. The van der Waals surface area contributed by atoms with Gasteiger partial charge in [-0.25, -0.2) is 9.97 Å². The van der Waals surface area contributed by atoms with Crippen LogP contribution in [0.5, 0.6) is 0 Å². The smallest absolute Gasteiger partial charge is 0.227 e. The van der Waals surface area contributed by atoms with Crippen molar-refractivity contribution in [3.63, 3.8) is 0 Å². The van der Waals surface area contributed by atoms with Crippen LogP contribution in [0.25, 0.3) is 61.3 Å². The lowest BCUT2D eigenvalue weighted by Crippen LogP contribution is -2.00. The molecule has 0 unspecified atom stereocenters. The van der Waals surface area contributed by atoms with Crippen molar-refractivity contribution in [2.24, 2.45) is 0 Å². The summed E-state index contributed by atoms with van der Waals surface area (Å²) in [4.78, 5) is 14.5. The Morgan fingerprint density at radius 2 is 1.49 bits per heavy atom. The zero-order chi connectivity index (χ0) is 25.1. The quantitative estimate of drug-likeness (QED) is 0.257. The Hall–Kier alpha value is -4.77. The van der Waals surface area contributed by atoms with Gasteiger partial charge in [-0.15, -0.1) is 0 Å². The summed E-state index contributed by atoms with van der Waals surface area (Å²) < 4.78 is 8.64. The molecule has 7 aromatic rings. The molecule has 5 heteroatoms. The zero-order valence-electron chi connectivity index (χ0n) is 20.9. The summed E-state index contributed by atoms with van der Waals surface area (Å²) in [7, 11) is 0. The number of nitrogens with zero attached hydrogens (tertiary/aromatic N) is 4. The second kappa shape index (κ2) is 8.14. The van der Waals surface area contributed by atoms with E-state index in [2.05, 4.69) is 96.2 Å². The normalized spacial score (nSPS) is 11.6. The summed E-state index contributed by atoms with van der Waals surface area (Å²) in [5.74, 6) is 0.813.